The third-order valence-electron chi connectivity index (χ3n) is 3.05. The molecule has 0 atom stereocenters. The lowest BCUT2D eigenvalue weighted by molar-refractivity contribution is -0.120. The normalized spacial score (nSPS) is 11.1. The van der Waals surface area contributed by atoms with Gasteiger partial charge in [-0.1, -0.05) is 12.1 Å². The molecule has 116 valence electrons. The number of hydrogen-bond donors (Lipinski definition) is 2. The first-order chi connectivity index (χ1) is 11.1. The third-order valence-corrected chi connectivity index (χ3v) is 3.82. The van der Waals surface area contributed by atoms with Crippen molar-refractivity contribution in [3.63, 3.8) is 0 Å². The molecule has 0 aliphatic heterocycles. The van der Waals surface area contributed by atoms with Crippen molar-refractivity contribution in [1.29, 1.82) is 0 Å². The van der Waals surface area contributed by atoms with E-state index in [0.29, 0.717) is 11.3 Å². The largest absolute Gasteiger partial charge is 0.478 e. The number of hydrazone groups is 1. The number of fused-ring (bicyclic) bond motifs is 1. The Morgan fingerprint density at radius 2 is 2.13 bits per heavy atom. The van der Waals surface area contributed by atoms with Crippen LogP contribution >= 0.6 is 11.3 Å². The molecule has 1 aromatic carbocycles. The Balaban J connectivity index is 1.55. The molecule has 2 aromatic heterocycles. The predicted octanol–water partition coefficient (Wildman–Crippen LogP) is 1.79. The van der Waals surface area contributed by atoms with Crippen molar-refractivity contribution in [2.24, 2.45) is 5.10 Å². The number of hydrogen-bond acceptors (Lipinski definition) is 5. The van der Waals surface area contributed by atoms with E-state index < -0.39 is 5.97 Å². The van der Waals surface area contributed by atoms with Crippen LogP contribution in [-0.4, -0.2) is 32.6 Å². The Hall–Kier alpha value is -3.00. The van der Waals surface area contributed by atoms with Gasteiger partial charge >= 0.3 is 5.97 Å². The van der Waals surface area contributed by atoms with Crippen LogP contribution < -0.4 is 5.43 Å². The highest BCUT2D eigenvalue weighted by atomic mass is 32.1. The number of nitrogens with zero attached hydrogens (tertiary/aromatic N) is 3. The predicted molar refractivity (Wildman–Crippen MR) is 85.9 cm³/mol. The molecule has 0 unspecified atom stereocenters. The summed E-state index contributed by atoms with van der Waals surface area (Å²) in [6, 6.07) is 6.18. The first-order valence-electron chi connectivity index (χ1n) is 6.68. The average Bonchev–Trinajstić information content (AvgIpc) is 3.09. The lowest BCUT2D eigenvalue weighted by Gasteiger charge is -1.98. The molecule has 8 heteroatoms. The van der Waals surface area contributed by atoms with Gasteiger partial charge in [-0.25, -0.2) is 15.2 Å². The molecule has 0 spiro atoms. The van der Waals surface area contributed by atoms with E-state index in [4.69, 9.17) is 5.11 Å². The molecule has 1 amide bonds. The van der Waals surface area contributed by atoms with Gasteiger partial charge in [0.1, 0.15) is 0 Å². The Bertz CT molecular complexity index is 851. The summed E-state index contributed by atoms with van der Waals surface area (Å²) in [6.45, 7) is 0. The van der Waals surface area contributed by atoms with Crippen LogP contribution in [0.4, 0.5) is 0 Å². The number of nitrogens with one attached hydrogen (secondary N) is 1. The average molecular weight is 328 g/mol. The van der Waals surface area contributed by atoms with Crippen LogP contribution in [0.2, 0.25) is 0 Å². The zero-order valence-electron chi connectivity index (χ0n) is 11.8. The lowest BCUT2D eigenvalue weighted by atomic mass is 10.1. The molecule has 0 saturated heterocycles. The Labute approximate surface area is 134 Å². The van der Waals surface area contributed by atoms with E-state index in [-0.39, 0.29) is 17.9 Å². The number of aromatic nitrogens is 2. The van der Waals surface area contributed by atoms with Crippen LogP contribution in [0, 0.1) is 0 Å². The molecular weight excluding hydrogens is 316 g/mol. The van der Waals surface area contributed by atoms with Crippen molar-refractivity contribution in [2.45, 2.75) is 6.42 Å². The highest BCUT2D eigenvalue weighted by Gasteiger charge is 2.07. The molecule has 0 aliphatic carbocycles. The summed E-state index contributed by atoms with van der Waals surface area (Å²) in [6.07, 6.45) is 5.28. The van der Waals surface area contributed by atoms with E-state index in [9.17, 15) is 9.59 Å². The first kappa shape index (κ1) is 14.9. The maximum atomic E-state index is 11.8. The summed E-state index contributed by atoms with van der Waals surface area (Å²) in [5.41, 5.74) is 3.99. The second-order valence-electron chi connectivity index (χ2n) is 4.72. The monoisotopic (exact) mass is 328 g/mol. The molecule has 2 heterocycles. The van der Waals surface area contributed by atoms with Gasteiger partial charge in [0, 0.05) is 17.8 Å². The summed E-state index contributed by atoms with van der Waals surface area (Å²) >= 11 is 1.50. The van der Waals surface area contributed by atoms with Crippen molar-refractivity contribution in [3.05, 3.63) is 58.9 Å². The highest BCUT2D eigenvalue weighted by Crippen LogP contribution is 2.11. The van der Waals surface area contributed by atoms with E-state index in [0.717, 1.165) is 4.96 Å². The van der Waals surface area contributed by atoms with E-state index in [2.05, 4.69) is 15.5 Å². The number of thiazole rings is 1. The van der Waals surface area contributed by atoms with Crippen LogP contribution in [0.25, 0.3) is 4.96 Å². The molecule has 0 bridgehead atoms. The van der Waals surface area contributed by atoms with Gasteiger partial charge in [0.05, 0.1) is 23.9 Å². The maximum absolute atomic E-state index is 11.8. The number of imidazole rings is 1. The number of rotatable bonds is 5. The van der Waals surface area contributed by atoms with Gasteiger partial charge in [0.25, 0.3) is 0 Å². The topological polar surface area (TPSA) is 96.1 Å². The molecule has 0 aliphatic rings. The maximum Gasteiger partial charge on any atom is 0.335 e. The van der Waals surface area contributed by atoms with Crippen LogP contribution in [0.5, 0.6) is 0 Å². The van der Waals surface area contributed by atoms with Crippen LogP contribution in [0.1, 0.15) is 21.6 Å². The van der Waals surface area contributed by atoms with Crippen LogP contribution in [0.3, 0.4) is 0 Å². The smallest absolute Gasteiger partial charge is 0.335 e. The molecule has 3 rings (SSSR count). The van der Waals surface area contributed by atoms with E-state index >= 15 is 0 Å². The standard InChI is InChI=1S/C15H12N4O3S/c20-13(7-12-9-19-5-6-23-15(19)17-12)18-16-8-10-1-3-11(4-2-10)14(21)22/h1-6,8-9H,7H2,(H,18,20)(H,21,22)/b16-8+. The van der Waals surface area contributed by atoms with Gasteiger partial charge in [-0.15, -0.1) is 11.3 Å². The minimum atomic E-state index is -0.984. The summed E-state index contributed by atoms with van der Waals surface area (Å²) < 4.78 is 1.86. The molecule has 3 aromatic rings. The fraction of sp³-hybridized carbons (Fsp3) is 0.0667. The Morgan fingerprint density at radius 3 is 2.83 bits per heavy atom. The van der Waals surface area contributed by atoms with Crippen LogP contribution in [-0.2, 0) is 11.2 Å². The molecule has 0 radical (unpaired) electrons. The molecule has 0 saturated carbocycles. The quantitative estimate of drug-likeness (QED) is 0.551. The summed E-state index contributed by atoms with van der Waals surface area (Å²) in [4.78, 5) is 27.7. The van der Waals surface area contributed by atoms with Crippen molar-refractivity contribution in [3.8, 4) is 0 Å². The van der Waals surface area contributed by atoms with Gasteiger partial charge < -0.3 is 5.11 Å². The van der Waals surface area contributed by atoms with E-state index in [1.54, 1.807) is 18.3 Å². The molecule has 0 fully saturated rings. The van der Waals surface area contributed by atoms with Gasteiger partial charge in [-0.05, 0) is 17.7 Å². The fourth-order valence-corrected chi connectivity index (χ4v) is 2.67. The van der Waals surface area contributed by atoms with E-state index in [1.807, 2.05) is 16.0 Å². The van der Waals surface area contributed by atoms with Gasteiger partial charge in [-0.2, -0.15) is 5.10 Å². The van der Waals surface area contributed by atoms with E-state index in [1.165, 1.54) is 29.7 Å². The zero-order valence-corrected chi connectivity index (χ0v) is 12.7. The minimum Gasteiger partial charge on any atom is -0.478 e. The third kappa shape index (κ3) is 3.61. The minimum absolute atomic E-state index is 0.143. The lowest BCUT2D eigenvalue weighted by Crippen LogP contribution is -2.19. The first-order valence-corrected chi connectivity index (χ1v) is 7.56. The second-order valence-corrected chi connectivity index (χ2v) is 5.60. The summed E-state index contributed by atoms with van der Waals surface area (Å²) in [7, 11) is 0. The van der Waals surface area contributed by atoms with Gasteiger partial charge in [0.15, 0.2) is 4.96 Å². The summed E-state index contributed by atoms with van der Waals surface area (Å²) in [5.74, 6) is -1.25. The number of carbonyl (C=O) groups is 2. The molecule has 2 N–H and O–H groups in total. The van der Waals surface area contributed by atoms with Crippen molar-refractivity contribution < 1.29 is 14.7 Å². The number of amides is 1. The number of carbonyl (C=O) groups excluding carboxylic acids is 1. The number of carboxylic acid groups (broad SMARTS) is 1. The van der Waals surface area contributed by atoms with Crippen LogP contribution in [0.15, 0.2) is 47.1 Å². The molecule has 7 nitrogen and oxygen atoms in total. The second kappa shape index (κ2) is 6.41. The van der Waals surface area contributed by atoms with Crippen molar-refractivity contribution in [1.82, 2.24) is 14.8 Å². The Kier molecular flexibility index (Phi) is 4.15. The zero-order chi connectivity index (χ0) is 16.2. The molecular formula is C15H12N4O3S. The van der Waals surface area contributed by atoms with Crippen molar-refractivity contribution >= 4 is 34.4 Å². The van der Waals surface area contributed by atoms with Crippen molar-refractivity contribution in [2.75, 3.05) is 0 Å². The highest BCUT2D eigenvalue weighted by molar-refractivity contribution is 7.15. The van der Waals surface area contributed by atoms with Gasteiger partial charge in [0.2, 0.25) is 5.91 Å². The number of carboxylic acids is 1. The number of aromatic carboxylic acids is 1. The Morgan fingerprint density at radius 1 is 1.35 bits per heavy atom. The number of benzene rings is 1. The molecule has 23 heavy (non-hydrogen) atoms. The summed E-state index contributed by atoms with van der Waals surface area (Å²) in [5, 5.41) is 14.6. The fourth-order valence-electron chi connectivity index (χ4n) is 1.96. The SMILES string of the molecule is O=C(Cc1cn2ccsc2n1)N/N=C/c1ccc(C(=O)O)cc1. The van der Waals surface area contributed by atoms with Gasteiger partial charge in [-0.3, -0.25) is 9.20 Å².